The van der Waals surface area contributed by atoms with Gasteiger partial charge in [-0.1, -0.05) is 20.3 Å². The highest BCUT2D eigenvalue weighted by atomic mass is 16.4. The fourth-order valence-electron chi connectivity index (χ4n) is 3.28. The lowest BCUT2D eigenvalue weighted by Crippen LogP contribution is -2.26. The Morgan fingerprint density at radius 2 is 2.21 bits per heavy atom. The summed E-state index contributed by atoms with van der Waals surface area (Å²) in [6, 6.07) is 0.345. The summed E-state index contributed by atoms with van der Waals surface area (Å²) in [5, 5.41) is 16.9. The third-order valence-electron chi connectivity index (χ3n) is 4.51. The van der Waals surface area contributed by atoms with Gasteiger partial charge in [0.25, 0.3) is 0 Å². The van der Waals surface area contributed by atoms with Crippen molar-refractivity contribution in [3.05, 3.63) is 11.3 Å². The van der Waals surface area contributed by atoms with Crippen LogP contribution in [0.3, 0.4) is 0 Å². The molecule has 1 aliphatic rings. The van der Waals surface area contributed by atoms with Gasteiger partial charge in [-0.25, -0.2) is 4.79 Å². The molecular weight excluding hydrogens is 242 g/mol. The van der Waals surface area contributed by atoms with Crippen molar-refractivity contribution in [2.24, 2.45) is 18.9 Å². The minimum absolute atomic E-state index is 0.301. The summed E-state index contributed by atoms with van der Waals surface area (Å²) in [5.41, 5.74) is 0.866. The molecule has 5 nitrogen and oxygen atoms in total. The summed E-state index contributed by atoms with van der Waals surface area (Å²) in [5.74, 6) is 1.03. The maximum atomic E-state index is 11.3. The van der Waals surface area contributed by atoms with Gasteiger partial charge in [0.15, 0.2) is 0 Å². The molecule has 2 N–H and O–H groups in total. The number of hydrogen-bond donors (Lipinski definition) is 2. The van der Waals surface area contributed by atoms with Crippen LogP contribution < -0.4 is 5.32 Å². The Balaban J connectivity index is 2.22. The summed E-state index contributed by atoms with van der Waals surface area (Å²) in [4.78, 5) is 11.3. The second-order valence-corrected chi connectivity index (χ2v) is 5.59. The number of aromatic carboxylic acids is 1. The molecule has 1 aliphatic carbocycles. The molecule has 1 fully saturated rings. The van der Waals surface area contributed by atoms with Gasteiger partial charge < -0.3 is 10.4 Å². The van der Waals surface area contributed by atoms with Gasteiger partial charge in [0, 0.05) is 13.1 Å². The third-order valence-corrected chi connectivity index (χ3v) is 4.51. The Kier molecular flexibility index (Phi) is 3.83. The molecular formula is C14H23N3O2. The number of carboxylic acids is 1. The van der Waals surface area contributed by atoms with E-state index in [2.05, 4.69) is 24.3 Å². The smallest absolute Gasteiger partial charge is 0.341 e. The number of rotatable bonds is 4. The molecule has 19 heavy (non-hydrogen) atoms. The summed E-state index contributed by atoms with van der Waals surface area (Å²) in [7, 11) is 1.79. The van der Waals surface area contributed by atoms with Crippen LogP contribution in [-0.2, 0) is 7.05 Å². The molecule has 0 saturated heterocycles. The summed E-state index contributed by atoms with van der Waals surface area (Å²) in [6.07, 6.45) is 3.51. The number of carbonyl (C=O) groups is 1. The average Bonchev–Trinajstić information content (AvgIpc) is 2.81. The molecule has 0 radical (unpaired) electrons. The average molecular weight is 265 g/mol. The number of aromatic nitrogens is 2. The lowest BCUT2D eigenvalue weighted by Gasteiger charge is -2.22. The van der Waals surface area contributed by atoms with Crippen LogP contribution in [0.5, 0.6) is 0 Å². The van der Waals surface area contributed by atoms with Gasteiger partial charge in [-0.15, -0.1) is 0 Å². The summed E-state index contributed by atoms with van der Waals surface area (Å²) in [6.45, 7) is 6.21. The van der Waals surface area contributed by atoms with Gasteiger partial charge in [0.1, 0.15) is 11.4 Å². The lowest BCUT2D eigenvalue weighted by atomic mass is 9.93. The van der Waals surface area contributed by atoms with Crippen molar-refractivity contribution in [2.75, 3.05) is 5.32 Å². The predicted octanol–water partition coefficient (Wildman–Crippen LogP) is 2.66. The lowest BCUT2D eigenvalue weighted by molar-refractivity contribution is 0.0697. The van der Waals surface area contributed by atoms with E-state index in [9.17, 15) is 9.90 Å². The zero-order valence-electron chi connectivity index (χ0n) is 12.1. The van der Waals surface area contributed by atoms with Crippen LogP contribution in [-0.4, -0.2) is 26.9 Å². The molecule has 2 rings (SSSR count). The molecule has 106 valence electrons. The topological polar surface area (TPSA) is 67.2 Å². The molecule has 0 aromatic carbocycles. The Morgan fingerprint density at radius 3 is 2.74 bits per heavy atom. The van der Waals surface area contributed by atoms with Gasteiger partial charge in [0.2, 0.25) is 0 Å². The van der Waals surface area contributed by atoms with Crippen LogP contribution in [0.25, 0.3) is 0 Å². The number of nitrogens with zero attached hydrogens (tertiary/aromatic N) is 2. The first-order valence-electron chi connectivity index (χ1n) is 6.99. The number of hydrogen-bond acceptors (Lipinski definition) is 3. The van der Waals surface area contributed by atoms with Crippen LogP contribution in [0, 0.1) is 18.8 Å². The van der Waals surface area contributed by atoms with E-state index in [0.717, 1.165) is 12.3 Å². The molecule has 5 heteroatoms. The van der Waals surface area contributed by atoms with Gasteiger partial charge in [-0.2, -0.15) is 5.10 Å². The van der Waals surface area contributed by atoms with E-state index < -0.39 is 5.97 Å². The number of carboxylic acid groups (broad SMARTS) is 1. The third kappa shape index (κ3) is 2.46. The van der Waals surface area contributed by atoms with Crippen molar-refractivity contribution in [2.45, 2.75) is 46.1 Å². The van der Waals surface area contributed by atoms with Crippen molar-refractivity contribution in [3.63, 3.8) is 0 Å². The predicted molar refractivity (Wildman–Crippen MR) is 74.5 cm³/mol. The zero-order valence-corrected chi connectivity index (χ0v) is 12.1. The molecule has 3 unspecified atom stereocenters. The van der Waals surface area contributed by atoms with Gasteiger partial charge >= 0.3 is 5.97 Å². The van der Waals surface area contributed by atoms with Crippen LogP contribution in [0.15, 0.2) is 0 Å². The fraction of sp³-hybridized carbons (Fsp3) is 0.714. The van der Waals surface area contributed by atoms with E-state index in [4.69, 9.17) is 0 Å². The van der Waals surface area contributed by atoms with Crippen LogP contribution >= 0.6 is 0 Å². The summed E-state index contributed by atoms with van der Waals surface area (Å²) >= 11 is 0. The molecule has 0 bridgehead atoms. The van der Waals surface area contributed by atoms with E-state index in [1.807, 2.05) is 0 Å². The quantitative estimate of drug-likeness (QED) is 0.878. The second kappa shape index (κ2) is 5.23. The highest BCUT2D eigenvalue weighted by molar-refractivity contribution is 5.94. The first-order chi connectivity index (χ1) is 8.95. The minimum atomic E-state index is -0.911. The molecule has 1 saturated carbocycles. The first-order valence-corrected chi connectivity index (χ1v) is 6.99. The zero-order chi connectivity index (χ0) is 14.2. The second-order valence-electron chi connectivity index (χ2n) is 5.59. The summed E-state index contributed by atoms with van der Waals surface area (Å²) < 4.78 is 1.64. The fourth-order valence-corrected chi connectivity index (χ4v) is 3.28. The van der Waals surface area contributed by atoms with E-state index in [1.165, 1.54) is 12.8 Å². The minimum Gasteiger partial charge on any atom is -0.477 e. The van der Waals surface area contributed by atoms with E-state index in [1.54, 1.807) is 18.7 Å². The molecule has 1 aromatic heterocycles. The monoisotopic (exact) mass is 265 g/mol. The standard InChI is InChI=1S/C14H23N3O2/c1-5-10-6-7-11(8(10)2)15-13-12(14(18)19)9(3)16-17(13)4/h8,10-11,15H,5-7H2,1-4H3,(H,18,19). The van der Waals surface area contributed by atoms with Crippen molar-refractivity contribution < 1.29 is 9.90 Å². The van der Waals surface area contributed by atoms with Crippen molar-refractivity contribution in [1.82, 2.24) is 9.78 Å². The van der Waals surface area contributed by atoms with Crippen molar-refractivity contribution in [3.8, 4) is 0 Å². The highest BCUT2D eigenvalue weighted by Gasteiger charge is 2.33. The largest absolute Gasteiger partial charge is 0.477 e. The van der Waals surface area contributed by atoms with E-state index in [-0.39, 0.29) is 0 Å². The Labute approximate surface area is 114 Å². The first kappa shape index (κ1) is 13.9. The molecule has 1 heterocycles. The Bertz CT molecular complexity index is 481. The maximum Gasteiger partial charge on any atom is 0.341 e. The van der Waals surface area contributed by atoms with Gasteiger partial charge in [-0.3, -0.25) is 4.68 Å². The number of nitrogens with one attached hydrogen (secondary N) is 1. The van der Waals surface area contributed by atoms with Crippen molar-refractivity contribution in [1.29, 1.82) is 0 Å². The molecule has 1 aromatic rings. The highest BCUT2D eigenvalue weighted by Crippen LogP contribution is 2.36. The molecule has 3 atom stereocenters. The number of aryl methyl sites for hydroxylation is 2. The van der Waals surface area contributed by atoms with Crippen LogP contribution in [0.4, 0.5) is 5.82 Å². The Hall–Kier alpha value is -1.52. The molecule has 0 spiro atoms. The van der Waals surface area contributed by atoms with E-state index >= 15 is 0 Å². The van der Waals surface area contributed by atoms with E-state index in [0.29, 0.717) is 29.0 Å². The number of anilines is 1. The molecule has 0 aliphatic heterocycles. The van der Waals surface area contributed by atoms with Crippen LogP contribution in [0.1, 0.15) is 49.2 Å². The van der Waals surface area contributed by atoms with Crippen LogP contribution in [0.2, 0.25) is 0 Å². The maximum absolute atomic E-state index is 11.3. The van der Waals surface area contributed by atoms with Gasteiger partial charge in [-0.05, 0) is 31.6 Å². The SMILES string of the molecule is CCC1CCC(Nc2c(C(=O)O)c(C)nn2C)C1C. The normalized spacial score (nSPS) is 26.6. The Morgan fingerprint density at radius 1 is 1.53 bits per heavy atom. The van der Waals surface area contributed by atoms with Crippen molar-refractivity contribution >= 4 is 11.8 Å². The molecule has 0 amide bonds. The van der Waals surface area contributed by atoms with Gasteiger partial charge in [0.05, 0.1) is 5.69 Å².